The Morgan fingerprint density at radius 1 is 1.11 bits per heavy atom. The number of hydrogen-bond donors (Lipinski definition) is 1. The minimum absolute atomic E-state index is 0.0236. The van der Waals surface area contributed by atoms with Crippen molar-refractivity contribution in [3.05, 3.63) is 47.9 Å². The van der Waals surface area contributed by atoms with E-state index in [2.05, 4.69) is 25.7 Å². The van der Waals surface area contributed by atoms with Crippen LogP contribution in [0.4, 0.5) is 36.8 Å². The summed E-state index contributed by atoms with van der Waals surface area (Å²) in [4.78, 5) is 15.2. The molecule has 1 saturated heterocycles. The van der Waals surface area contributed by atoms with Crippen LogP contribution in [0.1, 0.15) is 36.6 Å². The highest BCUT2D eigenvalue weighted by atomic mass is 19.4. The number of amides is 2. The molecule has 1 aliphatic heterocycles. The van der Waals surface area contributed by atoms with Crippen LogP contribution < -0.4 is 5.32 Å². The number of rotatable bonds is 3. The minimum Gasteiger partial charge on any atom is -0.423 e. The molecule has 3 atom stereocenters. The predicted molar refractivity (Wildman–Crippen MR) is 105 cm³/mol. The first kappa shape index (κ1) is 23.1. The first-order chi connectivity index (χ1) is 16.4. The molecule has 0 radical (unpaired) electrons. The molecule has 2 fully saturated rings. The standard InChI is InChI=1S/C20H17F6N7O2/c1-10-30-31-16(35-10)18-8-11(19(21,22)23)6-13(9-18)32(18)17(34)29-12-2-3-14(20(24,25)26)15(7-12)33-27-4-5-28-33/h2-5,7,11,13H,6,8-9H2,1H3,(H,29,34)/t11-,13-,18+/m1/s1. The Hall–Kier alpha value is -3.65. The van der Waals surface area contributed by atoms with Gasteiger partial charge in [-0.15, -0.1) is 10.2 Å². The number of benzene rings is 1. The average Bonchev–Trinajstić information content (AvgIpc) is 3.44. The lowest BCUT2D eigenvalue weighted by atomic mass is 9.63. The molecule has 0 unspecified atom stereocenters. The van der Waals surface area contributed by atoms with Gasteiger partial charge in [0.15, 0.2) is 0 Å². The van der Waals surface area contributed by atoms with Gasteiger partial charge in [-0.3, -0.25) is 0 Å². The molecular formula is C20H17F6N7O2. The molecule has 2 bridgehead atoms. The van der Waals surface area contributed by atoms with Gasteiger partial charge in [0.25, 0.3) is 0 Å². The molecule has 1 aliphatic carbocycles. The van der Waals surface area contributed by atoms with Crippen LogP contribution in [0.15, 0.2) is 35.0 Å². The van der Waals surface area contributed by atoms with Gasteiger partial charge in [0.1, 0.15) is 5.54 Å². The summed E-state index contributed by atoms with van der Waals surface area (Å²) >= 11 is 0. The highest BCUT2D eigenvalue weighted by Crippen LogP contribution is 2.58. The maximum atomic E-state index is 13.5. The van der Waals surface area contributed by atoms with E-state index in [0.717, 1.165) is 23.0 Å². The van der Waals surface area contributed by atoms with Gasteiger partial charge in [-0.25, -0.2) is 4.79 Å². The number of anilines is 1. The molecule has 1 N–H and O–H groups in total. The second-order valence-electron chi connectivity index (χ2n) is 8.54. The van der Waals surface area contributed by atoms with Crippen LogP contribution in [0, 0.1) is 12.8 Å². The number of nitrogens with one attached hydrogen (secondary N) is 1. The third-order valence-corrected chi connectivity index (χ3v) is 6.33. The fourth-order valence-electron chi connectivity index (χ4n) is 4.92. The van der Waals surface area contributed by atoms with E-state index in [1.54, 1.807) is 0 Å². The van der Waals surface area contributed by atoms with Crippen molar-refractivity contribution in [3.63, 3.8) is 0 Å². The number of urea groups is 1. The first-order valence-corrected chi connectivity index (χ1v) is 10.4. The molecule has 3 aromatic rings. The van der Waals surface area contributed by atoms with Crippen LogP contribution in [0.5, 0.6) is 0 Å². The van der Waals surface area contributed by atoms with Crippen molar-refractivity contribution in [1.29, 1.82) is 0 Å². The lowest BCUT2D eigenvalue weighted by Crippen LogP contribution is -2.71. The normalized spacial score (nSPS) is 24.3. The summed E-state index contributed by atoms with van der Waals surface area (Å²) in [6.45, 7) is 1.48. The zero-order valence-corrected chi connectivity index (χ0v) is 17.9. The molecule has 2 aliphatic rings. The van der Waals surface area contributed by atoms with Crippen molar-refractivity contribution in [2.75, 3.05) is 5.32 Å². The zero-order valence-electron chi connectivity index (χ0n) is 17.9. The van der Waals surface area contributed by atoms with Crippen molar-refractivity contribution >= 4 is 11.7 Å². The second kappa shape index (κ2) is 7.68. The minimum atomic E-state index is -4.72. The number of carbonyl (C=O) groups excluding carboxylic acids is 1. The maximum Gasteiger partial charge on any atom is 0.418 e. The molecule has 9 nitrogen and oxygen atoms in total. The number of aryl methyl sites for hydroxylation is 1. The number of alkyl halides is 6. The van der Waals surface area contributed by atoms with Gasteiger partial charge in [0.2, 0.25) is 11.8 Å². The van der Waals surface area contributed by atoms with Crippen molar-refractivity contribution in [2.45, 2.75) is 50.1 Å². The van der Waals surface area contributed by atoms with Crippen LogP contribution in [0.25, 0.3) is 5.69 Å². The summed E-state index contributed by atoms with van der Waals surface area (Å²) < 4.78 is 86.4. The summed E-state index contributed by atoms with van der Waals surface area (Å²) in [5.74, 6) is -1.64. The lowest BCUT2D eigenvalue weighted by molar-refractivity contribution is -0.229. The van der Waals surface area contributed by atoms with E-state index >= 15 is 0 Å². The number of piperidine rings is 1. The molecule has 5 rings (SSSR count). The number of halogens is 6. The highest BCUT2D eigenvalue weighted by molar-refractivity contribution is 5.91. The third kappa shape index (κ3) is 3.87. The van der Waals surface area contributed by atoms with E-state index in [4.69, 9.17) is 4.42 Å². The Morgan fingerprint density at radius 3 is 2.43 bits per heavy atom. The zero-order chi connectivity index (χ0) is 25.2. The molecule has 1 aromatic carbocycles. The highest BCUT2D eigenvalue weighted by Gasteiger charge is 2.66. The molecule has 0 spiro atoms. The average molecular weight is 501 g/mol. The third-order valence-electron chi connectivity index (χ3n) is 6.33. The Labute approximate surface area is 193 Å². The second-order valence-corrected chi connectivity index (χ2v) is 8.54. The van der Waals surface area contributed by atoms with Gasteiger partial charge >= 0.3 is 18.4 Å². The fourth-order valence-corrected chi connectivity index (χ4v) is 4.92. The van der Waals surface area contributed by atoms with Gasteiger partial charge < -0.3 is 14.6 Å². The Bertz CT molecular complexity index is 1260. The Balaban J connectivity index is 1.46. The van der Waals surface area contributed by atoms with E-state index in [1.165, 1.54) is 24.2 Å². The summed E-state index contributed by atoms with van der Waals surface area (Å²) in [5, 5.41) is 17.5. The number of nitrogens with zero attached hydrogens (tertiary/aromatic N) is 6. The van der Waals surface area contributed by atoms with Crippen molar-refractivity contribution in [1.82, 2.24) is 30.1 Å². The molecule has 3 heterocycles. The van der Waals surface area contributed by atoms with Crippen molar-refractivity contribution in [2.24, 2.45) is 5.92 Å². The first-order valence-electron chi connectivity index (χ1n) is 10.4. The SMILES string of the molecule is Cc1nnc([C@@]23C[C@@H](C[C@@H](C(F)(F)F)C2)N3C(=O)Nc2ccc(C(F)(F)F)c(-n3nccn3)c2)o1. The summed E-state index contributed by atoms with van der Waals surface area (Å²) in [6, 6.07) is 1.30. The fraction of sp³-hybridized carbons (Fsp3) is 0.450. The predicted octanol–water partition coefficient (Wildman–Crippen LogP) is 4.45. The van der Waals surface area contributed by atoms with Crippen LogP contribution >= 0.6 is 0 Å². The maximum absolute atomic E-state index is 13.5. The molecule has 2 amide bonds. The van der Waals surface area contributed by atoms with Crippen LogP contribution in [0.3, 0.4) is 0 Å². The van der Waals surface area contributed by atoms with Gasteiger partial charge in [-0.2, -0.15) is 41.3 Å². The number of carbonyl (C=O) groups is 1. The topological polar surface area (TPSA) is 102 Å². The molecule has 1 saturated carbocycles. The quantitative estimate of drug-likeness (QED) is 0.532. The summed E-state index contributed by atoms with van der Waals surface area (Å²) in [7, 11) is 0. The summed E-state index contributed by atoms with van der Waals surface area (Å²) in [5.41, 5.74) is -2.95. The van der Waals surface area contributed by atoms with Crippen LogP contribution in [-0.4, -0.2) is 48.3 Å². The number of likely N-dealkylation sites (tertiary alicyclic amines) is 1. The lowest BCUT2D eigenvalue weighted by Gasteiger charge is -2.61. The number of aromatic nitrogens is 5. The van der Waals surface area contributed by atoms with Crippen LogP contribution in [-0.2, 0) is 11.7 Å². The molecule has 15 heteroatoms. The van der Waals surface area contributed by atoms with Crippen molar-refractivity contribution < 1.29 is 35.6 Å². The number of fused-ring (bicyclic) bond motifs is 2. The summed E-state index contributed by atoms with van der Waals surface area (Å²) in [6.07, 6.45) is -7.37. The van der Waals surface area contributed by atoms with E-state index in [9.17, 15) is 31.1 Å². The van der Waals surface area contributed by atoms with Gasteiger partial charge in [-0.1, -0.05) is 0 Å². The van der Waals surface area contributed by atoms with E-state index < -0.39 is 53.6 Å². The number of hydrogen-bond acceptors (Lipinski definition) is 6. The smallest absolute Gasteiger partial charge is 0.418 e. The van der Waals surface area contributed by atoms with Gasteiger partial charge in [0.05, 0.1) is 29.6 Å². The van der Waals surface area contributed by atoms with E-state index in [1.807, 2.05) is 0 Å². The van der Waals surface area contributed by atoms with Crippen molar-refractivity contribution in [3.8, 4) is 5.69 Å². The molecule has 35 heavy (non-hydrogen) atoms. The Kier molecular flexibility index (Phi) is 5.07. The van der Waals surface area contributed by atoms with Gasteiger partial charge in [0, 0.05) is 25.1 Å². The van der Waals surface area contributed by atoms with E-state index in [-0.39, 0.29) is 30.3 Å². The van der Waals surface area contributed by atoms with Gasteiger partial charge in [-0.05, 0) is 31.0 Å². The molecule has 2 aromatic heterocycles. The van der Waals surface area contributed by atoms with E-state index in [0.29, 0.717) is 0 Å². The molecule has 186 valence electrons. The monoisotopic (exact) mass is 501 g/mol. The van der Waals surface area contributed by atoms with Crippen LogP contribution in [0.2, 0.25) is 0 Å². The Morgan fingerprint density at radius 2 is 1.83 bits per heavy atom. The molecular weight excluding hydrogens is 484 g/mol. The largest absolute Gasteiger partial charge is 0.423 e.